The minimum Gasteiger partial charge on any atom is -0.494 e. The van der Waals surface area contributed by atoms with E-state index in [0.717, 1.165) is 36.5 Å². The molecule has 40 heavy (non-hydrogen) atoms. The Hall–Kier alpha value is -2.55. The second-order valence-corrected chi connectivity index (χ2v) is 11.1. The number of allylic oxidation sites excluding steroid dienone is 1. The Bertz CT molecular complexity index is 915. The first-order valence-corrected chi connectivity index (χ1v) is 16.4. The fourth-order valence-corrected chi connectivity index (χ4v) is 4.89. The maximum absolute atomic E-state index is 12.7. The Labute approximate surface area is 245 Å². The fraction of sp³-hybridized carbons (Fsp3) is 0.595. The minimum absolute atomic E-state index is 0.0150. The molecule has 0 aliphatic carbocycles. The van der Waals surface area contributed by atoms with Crippen molar-refractivity contribution in [3.8, 4) is 11.5 Å². The van der Waals surface area contributed by atoms with E-state index in [0.29, 0.717) is 12.2 Å². The summed E-state index contributed by atoms with van der Waals surface area (Å²) in [5, 5.41) is 0. The molecule has 222 valence electrons. The van der Waals surface area contributed by atoms with E-state index < -0.39 is 0 Å². The summed E-state index contributed by atoms with van der Waals surface area (Å²) in [6.45, 7) is 5.99. The molecular formula is C37H56O3. The highest BCUT2D eigenvalue weighted by molar-refractivity contribution is 6.07. The van der Waals surface area contributed by atoms with Crippen LogP contribution in [-0.2, 0) is 0 Å². The van der Waals surface area contributed by atoms with Gasteiger partial charge in [0.05, 0.1) is 13.2 Å². The van der Waals surface area contributed by atoms with Crippen LogP contribution in [0, 0.1) is 0 Å². The maximum atomic E-state index is 12.7. The average Bonchev–Trinajstić information content (AvgIpc) is 2.98. The Balaban J connectivity index is 1.60. The Morgan fingerprint density at radius 2 is 1.05 bits per heavy atom. The molecule has 0 N–H and O–H groups in total. The predicted octanol–water partition coefficient (Wildman–Crippen LogP) is 11.4. The van der Waals surface area contributed by atoms with E-state index in [1.165, 1.54) is 103 Å². The molecule has 2 aromatic carbocycles. The van der Waals surface area contributed by atoms with Crippen molar-refractivity contribution in [3.63, 3.8) is 0 Å². The van der Waals surface area contributed by atoms with Crippen LogP contribution < -0.4 is 9.47 Å². The van der Waals surface area contributed by atoms with Gasteiger partial charge in [-0.25, -0.2) is 0 Å². The Kier molecular flexibility index (Phi) is 19.5. The van der Waals surface area contributed by atoms with Crippen molar-refractivity contribution < 1.29 is 14.3 Å². The molecule has 0 aromatic heterocycles. The van der Waals surface area contributed by atoms with Gasteiger partial charge >= 0.3 is 0 Å². The zero-order valence-electron chi connectivity index (χ0n) is 25.6. The molecule has 3 heteroatoms. The first-order chi connectivity index (χ1) is 19.7. The van der Waals surface area contributed by atoms with Crippen LogP contribution in [0.4, 0.5) is 0 Å². The maximum Gasteiger partial charge on any atom is 0.185 e. The van der Waals surface area contributed by atoms with Gasteiger partial charge in [-0.05, 0) is 48.7 Å². The number of hydrogen-bond donors (Lipinski definition) is 0. The lowest BCUT2D eigenvalue weighted by Gasteiger charge is -2.07. The van der Waals surface area contributed by atoms with Crippen molar-refractivity contribution in [1.29, 1.82) is 0 Å². The molecule has 0 saturated heterocycles. The van der Waals surface area contributed by atoms with Crippen LogP contribution in [0.1, 0.15) is 145 Å². The van der Waals surface area contributed by atoms with Gasteiger partial charge < -0.3 is 9.47 Å². The molecule has 0 aliphatic rings. The van der Waals surface area contributed by atoms with Gasteiger partial charge in [-0.15, -0.1) is 0 Å². The lowest BCUT2D eigenvalue weighted by molar-refractivity contribution is 0.104. The quantitative estimate of drug-likeness (QED) is 0.0703. The smallest absolute Gasteiger partial charge is 0.185 e. The molecule has 2 aromatic rings. The number of hydrogen-bond acceptors (Lipinski definition) is 3. The van der Waals surface area contributed by atoms with Crippen LogP contribution in [0.15, 0.2) is 54.6 Å². The summed E-state index contributed by atoms with van der Waals surface area (Å²) in [6.07, 6.45) is 27.0. The molecule has 0 bridgehead atoms. The van der Waals surface area contributed by atoms with Gasteiger partial charge in [0, 0.05) is 5.56 Å². The first-order valence-electron chi connectivity index (χ1n) is 16.4. The van der Waals surface area contributed by atoms with E-state index in [9.17, 15) is 4.79 Å². The van der Waals surface area contributed by atoms with Crippen LogP contribution >= 0.6 is 0 Å². The molecule has 0 spiro atoms. The largest absolute Gasteiger partial charge is 0.494 e. The normalized spacial score (nSPS) is 11.2. The summed E-state index contributed by atoms with van der Waals surface area (Å²) in [6, 6.07) is 15.5. The van der Waals surface area contributed by atoms with E-state index in [-0.39, 0.29) is 5.78 Å². The van der Waals surface area contributed by atoms with Crippen LogP contribution in [-0.4, -0.2) is 19.0 Å². The van der Waals surface area contributed by atoms with Crippen molar-refractivity contribution in [2.75, 3.05) is 13.2 Å². The highest BCUT2D eigenvalue weighted by atomic mass is 16.5. The van der Waals surface area contributed by atoms with Crippen LogP contribution in [0.2, 0.25) is 0 Å². The molecule has 0 unspecified atom stereocenters. The zero-order chi connectivity index (χ0) is 28.5. The second kappa shape index (κ2) is 23.2. The van der Waals surface area contributed by atoms with E-state index >= 15 is 0 Å². The van der Waals surface area contributed by atoms with Crippen LogP contribution in [0.5, 0.6) is 11.5 Å². The van der Waals surface area contributed by atoms with Gasteiger partial charge in [0.15, 0.2) is 5.78 Å². The van der Waals surface area contributed by atoms with Crippen molar-refractivity contribution in [1.82, 2.24) is 0 Å². The van der Waals surface area contributed by atoms with Crippen molar-refractivity contribution in [2.24, 2.45) is 0 Å². The van der Waals surface area contributed by atoms with Crippen LogP contribution in [0.3, 0.4) is 0 Å². The lowest BCUT2D eigenvalue weighted by Crippen LogP contribution is -2.00. The van der Waals surface area contributed by atoms with Crippen molar-refractivity contribution in [2.45, 2.75) is 129 Å². The summed E-state index contributed by atoms with van der Waals surface area (Å²) in [7, 11) is 0. The molecular weight excluding hydrogens is 492 g/mol. The molecule has 0 radical (unpaired) electrons. The number of ketones is 1. The molecule has 0 atom stereocenters. The van der Waals surface area contributed by atoms with E-state index in [1.807, 2.05) is 54.6 Å². The SMILES string of the molecule is CCCCCCCCCCCCOc1ccc(/C=C/C(=O)c2cccc(OCCCCCCCCCC)c2)cc1. The third-order valence-corrected chi connectivity index (χ3v) is 7.46. The van der Waals surface area contributed by atoms with Gasteiger partial charge in [-0.2, -0.15) is 0 Å². The topological polar surface area (TPSA) is 35.5 Å². The standard InChI is InChI=1S/C37H56O3/c1-3-5-7-9-11-13-14-16-17-19-30-39-35-27-24-33(25-28-35)26-29-37(38)34-22-21-23-36(32-34)40-31-20-18-15-12-10-8-6-4-2/h21-29,32H,3-20,30-31H2,1-2H3/b29-26+. The molecule has 0 aliphatic heterocycles. The third kappa shape index (κ3) is 16.5. The van der Waals surface area contributed by atoms with Gasteiger partial charge in [0.1, 0.15) is 11.5 Å². The Morgan fingerprint density at radius 1 is 0.575 bits per heavy atom. The number of ether oxygens (including phenoxy) is 2. The molecule has 3 nitrogen and oxygen atoms in total. The highest BCUT2D eigenvalue weighted by Gasteiger charge is 2.04. The molecule has 0 saturated carbocycles. The lowest BCUT2D eigenvalue weighted by atomic mass is 10.1. The zero-order valence-corrected chi connectivity index (χ0v) is 25.6. The predicted molar refractivity (Wildman–Crippen MR) is 172 cm³/mol. The highest BCUT2D eigenvalue weighted by Crippen LogP contribution is 2.18. The number of carbonyl (C=O) groups excluding carboxylic acids is 1. The molecule has 0 heterocycles. The van der Waals surface area contributed by atoms with Gasteiger partial charge in [0.25, 0.3) is 0 Å². The number of rotatable bonds is 25. The summed E-state index contributed by atoms with van der Waals surface area (Å²) in [5.74, 6) is 1.64. The second-order valence-electron chi connectivity index (χ2n) is 11.1. The van der Waals surface area contributed by atoms with Crippen molar-refractivity contribution >= 4 is 11.9 Å². The number of benzene rings is 2. The number of carbonyl (C=O) groups is 1. The molecule has 0 fully saturated rings. The van der Waals surface area contributed by atoms with Crippen molar-refractivity contribution in [3.05, 3.63) is 65.7 Å². The fourth-order valence-electron chi connectivity index (χ4n) is 4.89. The van der Waals surface area contributed by atoms with E-state index in [2.05, 4.69) is 13.8 Å². The molecule has 0 amide bonds. The minimum atomic E-state index is -0.0150. The first kappa shape index (κ1) is 33.7. The average molecular weight is 549 g/mol. The van der Waals surface area contributed by atoms with Gasteiger partial charge in [0.2, 0.25) is 0 Å². The van der Waals surface area contributed by atoms with E-state index in [4.69, 9.17) is 9.47 Å². The van der Waals surface area contributed by atoms with E-state index in [1.54, 1.807) is 6.08 Å². The third-order valence-electron chi connectivity index (χ3n) is 7.46. The van der Waals surface area contributed by atoms with Crippen LogP contribution in [0.25, 0.3) is 6.08 Å². The molecule has 2 rings (SSSR count). The monoisotopic (exact) mass is 548 g/mol. The summed E-state index contributed by atoms with van der Waals surface area (Å²) in [4.78, 5) is 12.7. The van der Waals surface area contributed by atoms with Gasteiger partial charge in [-0.1, -0.05) is 147 Å². The summed E-state index contributed by atoms with van der Waals surface area (Å²) in [5.41, 5.74) is 1.64. The van der Waals surface area contributed by atoms with Gasteiger partial charge in [-0.3, -0.25) is 4.79 Å². The summed E-state index contributed by atoms with van der Waals surface area (Å²) >= 11 is 0. The number of unbranched alkanes of at least 4 members (excludes halogenated alkanes) is 16. The summed E-state index contributed by atoms with van der Waals surface area (Å²) < 4.78 is 11.8. The Morgan fingerprint density at radius 3 is 1.57 bits per heavy atom.